The monoisotopic (exact) mass is 340 g/mol. The van der Waals surface area contributed by atoms with Gasteiger partial charge in [-0.2, -0.15) is 0 Å². The summed E-state index contributed by atoms with van der Waals surface area (Å²) in [5.41, 5.74) is 0.775. The van der Waals surface area contributed by atoms with E-state index in [-0.39, 0.29) is 5.43 Å². The van der Waals surface area contributed by atoms with Gasteiger partial charge in [0.2, 0.25) is 5.78 Å². The second kappa shape index (κ2) is 7.74. The number of hydrogen-bond acceptors (Lipinski definition) is 5. The van der Waals surface area contributed by atoms with Gasteiger partial charge in [0.1, 0.15) is 6.04 Å². The summed E-state index contributed by atoms with van der Waals surface area (Å²) in [5.74, 6) is -1.02. The number of pyridine rings is 2. The molecular weight excluding hydrogens is 320 g/mol. The third-order valence-electron chi connectivity index (χ3n) is 4.22. The summed E-state index contributed by atoms with van der Waals surface area (Å²) in [7, 11) is 0. The Hall–Kier alpha value is -2.96. The standard InChI is InChI=1S/C18H20N4O3/c23-15-7-12-21(13-8-15)22-11-3-5-16(22)17(24)18(25)20-10-6-14-4-1-2-9-19-14/h1-2,4,7-9,12-13,16H,3,5-6,10-11H2,(H,20,25). The molecule has 7 nitrogen and oxygen atoms in total. The SMILES string of the molecule is O=C(NCCc1ccccn1)C(=O)C1CCCN1n1ccc(=O)cc1. The van der Waals surface area contributed by atoms with Gasteiger partial charge in [-0.05, 0) is 25.0 Å². The first kappa shape index (κ1) is 16.9. The normalized spacial score (nSPS) is 16.6. The highest BCUT2D eigenvalue weighted by Crippen LogP contribution is 2.16. The number of Topliss-reactive ketones (excluding diaryl/α,β-unsaturated/α-hetero) is 1. The lowest BCUT2D eigenvalue weighted by molar-refractivity contribution is -0.138. The molecule has 2 aromatic heterocycles. The molecule has 0 aliphatic carbocycles. The Morgan fingerprint density at radius 1 is 1.20 bits per heavy atom. The minimum absolute atomic E-state index is 0.0920. The van der Waals surface area contributed by atoms with Crippen molar-refractivity contribution in [2.75, 3.05) is 18.1 Å². The predicted octanol–water partition coefficient (Wildman–Crippen LogP) is 0.272. The minimum Gasteiger partial charge on any atom is -0.349 e. The quantitative estimate of drug-likeness (QED) is 0.763. The largest absolute Gasteiger partial charge is 0.349 e. The Morgan fingerprint density at radius 2 is 2.00 bits per heavy atom. The van der Waals surface area contributed by atoms with Crippen LogP contribution in [-0.4, -0.2) is 40.5 Å². The number of nitrogens with one attached hydrogen (secondary N) is 1. The van der Waals surface area contributed by atoms with Crippen molar-refractivity contribution in [3.8, 4) is 0 Å². The summed E-state index contributed by atoms with van der Waals surface area (Å²) in [6, 6.07) is 7.97. The first-order valence-corrected chi connectivity index (χ1v) is 8.32. The summed E-state index contributed by atoms with van der Waals surface area (Å²) in [6.45, 7) is 1.03. The van der Waals surface area contributed by atoms with E-state index in [9.17, 15) is 14.4 Å². The molecule has 7 heteroatoms. The molecule has 1 saturated heterocycles. The summed E-state index contributed by atoms with van der Waals surface area (Å²) >= 11 is 0. The van der Waals surface area contributed by atoms with E-state index < -0.39 is 17.7 Å². The van der Waals surface area contributed by atoms with Crippen LogP contribution >= 0.6 is 0 Å². The minimum atomic E-state index is -0.575. The van der Waals surface area contributed by atoms with Gasteiger partial charge in [-0.15, -0.1) is 0 Å². The second-order valence-corrected chi connectivity index (χ2v) is 5.93. The van der Waals surface area contributed by atoms with Crippen molar-refractivity contribution in [1.82, 2.24) is 15.0 Å². The third kappa shape index (κ3) is 4.12. The number of rotatable bonds is 6. The van der Waals surface area contributed by atoms with Crippen LogP contribution in [0.1, 0.15) is 18.5 Å². The first-order chi connectivity index (χ1) is 12.1. The molecule has 0 aromatic carbocycles. The molecule has 2 aromatic rings. The van der Waals surface area contributed by atoms with Crippen molar-refractivity contribution in [2.24, 2.45) is 0 Å². The van der Waals surface area contributed by atoms with Crippen LogP contribution in [0.25, 0.3) is 0 Å². The molecule has 1 N–H and O–H groups in total. The fourth-order valence-corrected chi connectivity index (χ4v) is 2.96. The van der Waals surface area contributed by atoms with Gasteiger partial charge in [0.05, 0.1) is 0 Å². The Labute approximate surface area is 145 Å². The summed E-state index contributed by atoms with van der Waals surface area (Å²) < 4.78 is 1.71. The zero-order chi connectivity index (χ0) is 17.6. The van der Waals surface area contributed by atoms with Gasteiger partial charge in [-0.1, -0.05) is 6.07 Å². The van der Waals surface area contributed by atoms with Crippen LogP contribution in [0.3, 0.4) is 0 Å². The zero-order valence-corrected chi connectivity index (χ0v) is 13.8. The number of ketones is 1. The molecule has 1 unspecified atom stereocenters. The van der Waals surface area contributed by atoms with Gasteiger partial charge in [-0.3, -0.25) is 24.0 Å². The molecule has 0 saturated carbocycles. The molecular formula is C18H20N4O3. The summed E-state index contributed by atoms with van der Waals surface area (Å²) in [5, 5.41) is 4.49. The lowest BCUT2D eigenvalue weighted by Gasteiger charge is -2.27. The van der Waals surface area contributed by atoms with Gasteiger partial charge < -0.3 is 10.3 Å². The van der Waals surface area contributed by atoms with E-state index in [1.807, 2.05) is 23.2 Å². The third-order valence-corrected chi connectivity index (χ3v) is 4.22. The van der Waals surface area contributed by atoms with Crippen LogP contribution in [0.4, 0.5) is 0 Å². The molecule has 25 heavy (non-hydrogen) atoms. The van der Waals surface area contributed by atoms with Crippen molar-refractivity contribution < 1.29 is 9.59 Å². The Bertz CT molecular complexity index is 783. The highest BCUT2D eigenvalue weighted by molar-refractivity contribution is 6.38. The molecule has 3 rings (SSSR count). The molecule has 1 atom stereocenters. The van der Waals surface area contributed by atoms with Crippen LogP contribution in [0, 0.1) is 0 Å². The van der Waals surface area contributed by atoms with Crippen LogP contribution in [0.2, 0.25) is 0 Å². The molecule has 1 aliphatic rings. The van der Waals surface area contributed by atoms with Crippen molar-refractivity contribution >= 4 is 11.7 Å². The van der Waals surface area contributed by atoms with E-state index in [0.29, 0.717) is 25.9 Å². The second-order valence-electron chi connectivity index (χ2n) is 5.93. The Morgan fingerprint density at radius 3 is 2.72 bits per heavy atom. The van der Waals surface area contributed by atoms with E-state index in [1.54, 1.807) is 23.3 Å². The number of aromatic nitrogens is 2. The number of carbonyl (C=O) groups excluding carboxylic acids is 2. The maximum absolute atomic E-state index is 12.5. The average molecular weight is 340 g/mol. The molecule has 1 fully saturated rings. The van der Waals surface area contributed by atoms with Gasteiger partial charge >= 0.3 is 0 Å². The van der Waals surface area contributed by atoms with Gasteiger partial charge in [-0.25, -0.2) is 0 Å². The average Bonchev–Trinajstić information content (AvgIpc) is 3.12. The Balaban J connectivity index is 1.58. The van der Waals surface area contributed by atoms with E-state index in [2.05, 4.69) is 10.3 Å². The fraction of sp³-hybridized carbons (Fsp3) is 0.333. The predicted molar refractivity (Wildman–Crippen MR) is 92.8 cm³/mol. The fourth-order valence-electron chi connectivity index (χ4n) is 2.96. The maximum Gasteiger partial charge on any atom is 0.289 e. The number of amides is 1. The van der Waals surface area contributed by atoms with E-state index in [4.69, 9.17) is 0 Å². The van der Waals surface area contributed by atoms with Crippen molar-refractivity contribution in [3.63, 3.8) is 0 Å². The van der Waals surface area contributed by atoms with Crippen LogP contribution in [0.15, 0.2) is 53.7 Å². The molecule has 1 aliphatic heterocycles. The van der Waals surface area contributed by atoms with Gasteiger partial charge in [0.15, 0.2) is 5.43 Å². The smallest absolute Gasteiger partial charge is 0.289 e. The van der Waals surface area contributed by atoms with Gasteiger partial charge in [0.25, 0.3) is 5.91 Å². The molecule has 130 valence electrons. The molecule has 1 amide bonds. The van der Waals surface area contributed by atoms with Crippen LogP contribution < -0.4 is 15.8 Å². The summed E-state index contributed by atoms with van der Waals surface area (Å²) in [6.07, 6.45) is 6.96. The molecule has 0 radical (unpaired) electrons. The highest BCUT2D eigenvalue weighted by Gasteiger charge is 2.34. The van der Waals surface area contributed by atoms with Crippen molar-refractivity contribution in [1.29, 1.82) is 0 Å². The maximum atomic E-state index is 12.5. The lowest BCUT2D eigenvalue weighted by Crippen LogP contribution is -2.49. The number of carbonyl (C=O) groups is 2. The lowest BCUT2D eigenvalue weighted by atomic mass is 10.1. The summed E-state index contributed by atoms with van der Waals surface area (Å²) in [4.78, 5) is 40.1. The zero-order valence-electron chi connectivity index (χ0n) is 13.8. The van der Waals surface area contributed by atoms with Crippen LogP contribution in [0.5, 0.6) is 0 Å². The highest BCUT2D eigenvalue weighted by atomic mass is 16.2. The van der Waals surface area contributed by atoms with Gasteiger partial charge in [0, 0.05) is 55.9 Å². The van der Waals surface area contributed by atoms with E-state index in [0.717, 1.165) is 12.1 Å². The molecule has 0 bridgehead atoms. The number of nitrogens with zero attached hydrogens (tertiary/aromatic N) is 3. The molecule has 0 spiro atoms. The van der Waals surface area contributed by atoms with Crippen molar-refractivity contribution in [3.05, 3.63) is 64.8 Å². The molecule has 3 heterocycles. The number of hydrogen-bond donors (Lipinski definition) is 1. The van der Waals surface area contributed by atoms with Crippen molar-refractivity contribution in [2.45, 2.75) is 25.3 Å². The van der Waals surface area contributed by atoms with Crippen LogP contribution in [-0.2, 0) is 16.0 Å². The van der Waals surface area contributed by atoms with E-state index in [1.165, 1.54) is 12.1 Å². The Kier molecular flexibility index (Phi) is 5.23. The first-order valence-electron chi connectivity index (χ1n) is 8.32. The topological polar surface area (TPSA) is 84.3 Å². The van der Waals surface area contributed by atoms with E-state index >= 15 is 0 Å².